The molecule has 1 atom stereocenters. The maximum atomic E-state index is 13.7. The van der Waals surface area contributed by atoms with Crippen LogP contribution in [0.4, 0.5) is 8.78 Å². The van der Waals surface area contributed by atoms with E-state index in [1.807, 2.05) is 0 Å². The number of hydrogen-bond donors (Lipinski definition) is 1. The van der Waals surface area contributed by atoms with Crippen LogP contribution in [-0.2, 0) is 19.6 Å². The molecule has 2 aromatic rings. The van der Waals surface area contributed by atoms with Crippen LogP contribution >= 0.6 is 0 Å². The first-order valence-electron chi connectivity index (χ1n) is 8.80. The molecule has 0 fully saturated rings. The average molecular weight is 427 g/mol. The largest absolute Gasteiger partial charge is 0.490 e. The van der Waals surface area contributed by atoms with E-state index in [0.717, 1.165) is 18.2 Å². The number of hydrogen-bond acceptors (Lipinski definition) is 6. The van der Waals surface area contributed by atoms with Gasteiger partial charge < -0.3 is 14.2 Å². The standard InChI is InChI=1S/C19H19F2NO6S/c1-12(15-9-13(20)3-5-16(15)21)28-19(23)11-22-29(24,25)14-4-6-17-18(10-14)27-8-2-7-26-17/h3-6,9-10,12,22H,2,7-8,11H2,1H3. The third-order valence-corrected chi connectivity index (χ3v) is 5.54. The van der Waals surface area contributed by atoms with Gasteiger partial charge in [0.15, 0.2) is 11.5 Å². The zero-order valence-electron chi connectivity index (χ0n) is 15.5. The molecule has 156 valence electrons. The number of carbonyl (C=O) groups excluding carboxylic acids is 1. The lowest BCUT2D eigenvalue weighted by molar-refractivity contribution is -0.147. The van der Waals surface area contributed by atoms with Crippen LogP contribution in [0.2, 0.25) is 0 Å². The third-order valence-electron chi connectivity index (χ3n) is 4.14. The number of sulfonamides is 1. The van der Waals surface area contributed by atoms with Crippen molar-refractivity contribution in [3.63, 3.8) is 0 Å². The molecule has 10 heteroatoms. The van der Waals surface area contributed by atoms with Gasteiger partial charge in [0.1, 0.15) is 24.3 Å². The van der Waals surface area contributed by atoms with Crippen LogP contribution in [0, 0.1) is 11.6 Å². The minimum Gasteiger partial charge on any atom is -0.490 e. The Hall–Kier alpha value is -2.72. The topological polar surface area (TPSA) is 90.9 Å². The van der Waals surface area contributed by atoms with Gasteiger partial charge >= 0.3 is 5.97 Å². The van der Waals surface area contributed by atoms with Gasteiger partial charge in [-0.1, -0.05) is 0 Å². The zero-order chi connectivity index (χ0) is 21.0. The van der Waals surface area contributed by atoms with Crippen LogP contribution in [0.1, 0.15) is 25.0 Å². The molecule has 29 heavy (non-hydrogen) atoms. The Morgan fingerprint density at radius 3 is 2.62 bits per heavy atom. The van der Waals surface area contributed by atoms with Crippen molar-refractivity contribution in [2.45, 2.75) is 24.3 Å². The quantitative estimate of drug-likeness (QED) is 0.713. The number of esters is 1. The molecule has 1 unspecified atom stereocenters. The highest BCUT2D eigenvalue weighted by Gasteiger charge is 2.22. The highest BCUT2D eigenvalue weighted by atomic mass is 32.2. The minimum absolute atomic E-state index is 0.112. The monoisotopic (exact) mass is 427 g/mol. The second kappa shape index (κ2) is 8.75. The number of benzene rings is 2. The van der Waals surface area contributed by atoms with E-state index in [-0.39, 0.29) is 10.5 Å². The molecule has 0 saturated heterocycles. The first-order valence-corrected chi connectivity index (χ1v) is 10.3. The summed E-state index contributed by atoms with van der Waals surface area (Å²) >= 11 is 0. The molecule has 0 aromatic heterocycles. The normalized spacial score (nSPS) is 14.7. The summed E-state index contributed by atoms with van der Waals surface area (Å²) < 4.78 is 69.9. The Labute approximate surface area is 166 Å². The average Bonchev–Trinajstić information content (AvgIpc) is 2.93. The van der Waals surface area contributed by atoms with Crippen molar-refractivity contribution in [1.29, 1.82) is 0 Å². The number of rotatable bonds is 6. The summed E-state index contributed by atoms with van der Waals surface area (Å²) in [4.78, 5) is 11.9. The van der Waals surface area contributed by atoms with Crippen molar-refractivity contribution in [2.24, 2.45) is 0 Å². The lowest BCUT2D eigenvalue weighted by atomic mass is 10.1. The summed E-state index contributed by atoms with van der Waals surface area (Å²) in [5.74, 6) is -1.63. The fourth-order valence-electron chi connectivity index (χ4n) is 2.68. The number of carbonyl (C=O) groups is 1. The van der Waals surface area contributed by atoms with Gasteiger partial charge in [-0.2, -0.15) is 4.72 Å². The first-order chi connectivity index (χ1) is 13.8. The van der Waals surface area contributed by atoms with E-state index >= 15 is 0 Å². The Kier molecular flexibility index (Phi) is 6.33. The van der Waals surface area contributed by atoms with Gasteiger partial charge in [-0.3, -0.25) is 4.79 Å². The van der Waals surface area contributed by atoms with Crippen molar-refractivity contribution in [3.05, 3.63) is 53.6 Å². The fraction of sp³-hybridized carbons (Fsp3) is 0.316. The Bertz CT molecular complexity index is 1010. The van der Waals surface area contributed by atoms with Gasteiger partial charge in [0.25, 0.3) is 0 Å². The van der Waals surface area contributed by atoms with Crippen LogP contribution < -0.4 is 14.2 Å². The van der Waals surface area contributed by atoms with Crippen LogP contribution in [0.3, 0.4) is 0 Å². The molecule has 2 aromatic carbocycles. The lowest BCUT2D eigenvalue weighted by Gasteiger charge is -2.15. The smallest absolute Gasteiger partial charge is 0.321 e. The van der Waals surface area contributed by atoms with Crippen LogP contribution in [-0.4, -0.2) is 34.1 Å². The molecule has 1 aliphatic heterocycles. The summed E-state index contributed by atoms with van der Waals surface area (Å²) in [6.45, 7) is 1.53. The maximum Gasteiger partial charge on any atom is 0.321 e. The van der Waals surface area contributed by atoms with Crippen molar-refractivity contribution in [1.82, 2.24) is 4.72 Å². The van der Waals surface area contributed by atoms with Gasteiger partial charge in [-0.25, -0.2) is 17.2 Å². The van der Waals surface area contributed by atoms with Gasteiger partial charge in [0, 0.05) is 18.1 Å². The van der Waals surface area contributed by atoms with Crippen LogP contribution in [0.15, 0.2) is 41.3 Å². The molecule has 3 rings (SSSR count). The van der Waals surface area contributed by atoms with Gasteiger partial charge in [-0.05, 0) is 37.3 Å². The summed E-state index contributed by atoms with van der Waals surface area (Å²) in [6.07, 6.45) is -0.425. The number of halogens is 2. The maximum absolute atomic E-state index is 13.7. The Balaban J connectivity index is 1.63. The van der Waals surface area contributed by atoms with Gasteiger partial charge in [-0.15, -0.1) is 0 Å². The van der Waals surface area contributed by atoms with Gasteiger partial charge in [0.05, 0.1) is 18.1 Å². The molecule has 0 saturated carbocycles. The molecule has 0 spiro atoms. The van der Waals surface area contributed by atoms with Gasteiger partial charge in [0.2, 0.25) is 10.0 Å². The third kappa shape index (κ3) is 5.21. The van der Waals surface area contributed by atoms with E-state index in [1.165, 1.54) is 25.1 Å². The summed E-state index contributed by atoms with van der Waals surface area (Å²) in [5, 5.41) is 0. The summed E-state index contributed by atoms with van der Waals surface area (Å²) in [7, 11) is -4.04. The number of nitrogens with one attached hydrogen (secondary N) is 1. The molecule has 7 nitrogen and oxygen atoms in total. The molecule has 0 bridgehead atoms. The molecule has 0 amide bonds. The Morgan fingerprint density at radius 2 is 1.86 bits per heavy atom. The second-order valence-electron chi connectivity index (χ2n) is 6.28. The van der Waals surface area contributed by atoms with E-state index in [9.17, 15) is 22.0 Å². The predicted octanol–water partition coefficient (Wildman–Crippen LogP) is 2.71. The Morgan fingerprint density at radius 1 is 1.14 bits per heavy atom. The molecule has 0 aliphatic carbocycles. The first kappa shape index (κ1) is 21.0. The van der Waals surface area contributed by atoms with Crippen molar-refractivity contribution >= 4 is 16.0 Å². The van der Waals surface area contributed by atoms with E-state index in [2.05, 4.69) is 4.72 Å². The van der Waals surface area contributed by atoms with Crippen molar-refractivity contribution in [3.8, 4) is 11.5 Å². The highest BCUT2D eigenvalue weighted by Crippen LogP contribution is 2.31. The van der Waals surface area contributed by atoms with Crippen molar-refractivity contribution in [2.75, 3.05) is 19.8 Å². The zero-order valence-corrected chi connectivity index (χ0v) is 16.3. The molecule has 1 N–H and O–H groups in total. The highest BCUT2D eigenvalue weighted by molar-refractivity contribution is 7.89. The fourth-order valence-corrected chi connectivity index (χ4v) is 3.66. The van der Waals surface area contributed by atoms with E-state index in [0.29, 0.717) is 31.1 Å². The lowest BCUT2D eigenvalue weighted by Crippen LogP contribution is -2.31. The molecular weight excluding hydrogens is 408 g/mol. The molecule has 0 radical (unpaired) electrons. The molecule has 1 aliphatic rings. The molecular formula is C19H19F2NO6S. The molecule has 1 heterocycles. The van der Waals surface area contributed by atoms with Crippen molar-refractivity contribution < 1.29 is 36.2 Å². The summed E-state index contributed by atoms with van der Waals surface area (Å²) in [5.41, 5.74) is -0.149. The minimum atomic E-state index is -4.04. The number of fused-ring (bicyclic) bond motifs is 1. The van der Waals surface area contributed by atoms with E-state index in [4.69, 9.17) is 14.2 Å². The predicted molar refractivity (Wildman–Crippen MR) is 98.1 cm³/mol. The second-order valence-corrected chi connectivity index (χ2v) is 8.05. The summed E-state index contributed by atoms with van der Waals surface area (Å²) in [6, 6.07) is 6.88. The van der Waals surface area contributed by atoms with Crippen LogP contribution in [0.5, 0.6) is 11.5 Å². The van der Waals surface area contributed by atoms with E-state index < -0.39 is 40.3 Å². The van der Waals surface area contributed by atoms with E-state index in [1.54, 1.807) is 0 Å². The number of ether oxygens (including phenoxy) is 3. The SMILES string of the molecule is CC(OC(=O)CNS(=O)(=O)c1ccc2c(c1)OCCCO2)c1cc(F)ccc1F. The van der Waals surface area contributed by atoms with Crippen LogP contribution in [0.25, 0.3) is 0 Å².